The van der Waals surface area contributed by atoms with E-state index in [9.17, 15) is 4.79 Å². The van der Waals surface area contributed by atoms with Crippen LogP contribution in [0.4, 0.5) is 5.82 Å². The molecule has 27 heavy (non-hydrogen) atoms. The van der Waals surface area contributed by atoms with Gasteiger partial charge in [0, 0.05) is 6.20 Å². The zero-order valence-electron chi connectivity index (χ0n) is 15.4. The molecule has 0 aliphatic heterocycles. The van der Waals surface area contributed by atoms with E-state index in [4.69, 9.17) is 0 Å². The van der Waals surface area contributed by atoms with Gasteiger partial charge in [0.1, 0.15) is 5.82 Å². The maximum absolute atomic E-state index is 13.0. The van der Waals surface area contributed by atoms with Crippen molar-refractivity contribution < 1.29 is 4.79 Å². The number of benzene rings is 2. The molecule has 0 spiro atoms. The topological polar surface area (TPSA) is 42.0 Å². The Hall–Kier alpha value is -2.94. The Labute approximate surface area is 160 Å². The minimum Gasteiger partial charge on any atom is -0.310 e. The summed E-state index contributed by atoms with van der Waals surface area (Å²) in [5.74, 6) is 0.773. The molecule has 3 heteroatoms. The molecule has 136 valence electrons. The Morgan fingerprint density at radius 2 is 1.59 bits per heavy atom. The number of aryl methyl sites for hydroxylation is 2. The summed E-state index contributed by atoms with van der Waals surface area (Å²) in [6.45, 7) is 0. The standard InChI is InChI=1S/C24H24N2O/c27-23(24(16-17-24)21-14-5-2-6-15-21)26-22-20(13-8-18-25-22)12-7-11-19-9-3-1-4-10-19/h1-6,8-10,13-15,18H,7,11-12,16-17H2,(H,25,26,27). The van der Waals surface area contributed by atoms with Crippen LogP contribution in [0.15, 0.2) is 79.0 Å². The van der Waals surface area contributed by atoms with Gasteiger partial charge in [0.05, 0.1) is 5.41 Å². The second kappa shape index (κ2) is 7.75. The zero-order chi connectivity index (χ0) is 18.5. The first-order valence-corrected chi connectivity index (χ1v) is 9.63. The summed E-state index contributed by atoms with van der Waals surface area (Å²) < 4.78 is 0. The number of nitrogens with one attached hydrogen (secondary N) is 1. The van der Waals surface area contributed by atoms with Crippen LogP contribution in [0.3, 0.4) is 0 Å². The van der Waals surface area contributed by atoms with Gasteiger partial charge in [-0.05, 0) is 54.9 Å². The van der Waals surface area contributed by atoms with Crippen LogP contribution in [0.1, 0.15) is 36.0 Å². The van der Waals surface area contributed by atoms with Crippen LogP contribution in [0.25, 0.3) is 0 Å². The molecule has 0 unspecified atom stereocenters. The average Bonchev–Trinajstić information content (AvgIpc) is 3.53. The Bertz CT molecular complexity index is 902. The van der Waals surface area contributed by atoms with Gasteiger partial charge >= 0.3 is 0 Å². The van der Waals surface area contributed by atoms with E-state index in [0.29, 0.717) is 5.82 Å². The minimum atomic E-state index is -0.375. The Morgan fingerprint density at radius 1 is 0.889 bits per heavy atom. The van der Waals surface area contributed by atoms with Crippen molar-refractivity contribution >= 4 is 11.7 Å². The molecule has 1 N–H and O–H groups in total. The lowest BCUT2D eigenvalue weighted by Crippen LogP contribution is -2.28. The van der Waals surface area contributed by atoms with Gasteiger partial charge in [-0.2, -0.15) is 0 Å². The van der Waals surface area contributed by atoms with E-state index in [1.54, 1.807) is 6.20 Å². The molecule has 1 aliphatic rings. The monoisotopic (exact) mass is 356 g/mol. The molecular weight excluding hydrogens is 332 g/mol. The highest BCUT2D eigenvalue weighted by atomic mass is 16.2. The summed E-state index contributed by atoms with van der Waals surface area (Å²) in [5.41, 5.74) is 3.17. The second-order valence-corrected chi connectivity index (χ2v) is 7.25. The van der Waals surface area contributed by atoms with Crippen molar-refractivity contribution in [2.45, 2.75) is 37.5 Å². The van der Waals surface area contributed by atoms with E-state index < -0.39 is 0 Å². The molecule has 1 aliphatic carbocycles. The molecule has 4 rings (SSSR count). The van der Waals surface area contributed by atoms with Crippen molar-refractivity contribution in [3.8, 4) is 0 Å². The number of rotatable bonds is 7. The predicted molar refractivity (Wildman–Crippen MR) is 109 cm³/mol. The number of aromatic nitrogens is 1. The number of hydrogen-bond acceptors (Lipinski definition) is 2. The number of carbonyl (C=O) groups excluding carboxylic acids is 1. The first kappa shape index (κ1) is 17.5. The van der Waals surface area contributed by atoms with Crippen LogP contribution in [-0.4, -0.2) is 10.9 Å². The molecule has 0 bridgehead atoms. The quantitative estimate of drug-likeness (QED) is 0.652. The van der Waals surface area contributed by atoms with E-state index in [1.165, 1.54) is 5.56 Å². The highest BCUT2D eigenvalue weighted by Crippen LogP contribution is 2.48. The summed E-state index contributed by atoms with van der Waals surface area (Å²) in [5, 5.41) is 3.11. The molecule has 0 saturated heterocycles. The Kier molecular flexibility index (Phi) is 5.01. The number of hydrogen-bond donors (Lipinski definition) is 1. The van der Waals surface area contributed by atoms with Crippen LogP contribution in [0, 0.1) is 0 Å². The number of pyridine rings is 1. The Morgan fingerprint density at radius 3 is 2.30 bits per heavy atom. The molecule has 1 amide bonds. The van der Waals surface area contributed by atoms with Gasteiger partial charge in [0.25, 0.3) is 0 Å². The van der Waals surface area contributed by atoms with Gasteiger partial charge in [0.15, 0.2) is 0 Å². The van der Waals surface area contributed by atoms with Crippen LogP contribution in [0.5, 0.6) is 0 Å². The fourth-order valence-corrected chi connectivity index (χ4v) is 3.64. The van der Waals surface area contributed by atoms with Crippen molar-refractivity contribution in [1.29, 1.82) is 0 Å². The fraction of sp³-hybridized carbons (Fsp3) is 0.250. The van der Waals surface area contributed by atoms with Crippen LogP contribution in [0.2, 0.25) is 0 Å². The second-order valence-electron chi connectivity index (χ2n) is 7.25. The molecule has 0 atom stereocenters. The van der Waals surface area contributed by atoms with Crippen molar-refractivity contribution in [1.82, 2.24) is 4.98 Å². The van der Waals surface area contributed by atoms with E-state index in [-0.39, 0.29) is 11.3 Å². The van der Waals surface area contributed by atoms with Gasteiger partial charge in [0.2, 0.25) is 5.91 Å². The summed E-state index contributed by atoms with van der Waals surface area (Å²) in [6, 6.07) is 24.6. The van der Waals surface area contributed by atoms with Crippen LogP contribution < -0.4 is 5.32 Å². The summed E-state index contributed by atoms with van der Waals surface area (Å²) >= 11 is 0. The summed E-state index contributed by atoms with van der Waals surface area (Å²) in [4.78, 5) is 17.4. The van der Waals surface area contributed by atoms with E-state index >= 15 is 0 Å². The number of anilines is 1. The third-order valence-electron chi connectivity index (χ3n) is 5.39. The Balaban J connectivity index is 1.43. The van der Waals surface area contributed by atoms with Crippen molar-refractivity contribution in [2.75, 3.05) is 5.32 Å². The smallest absolute Gasteiger partial charge is 0.236 e. The normalized spacial score (nSPS) is 14.5. The molecule has 1 saturated carbocycles. The molecule has 0 radical (unpaired) electrons. The minimum absolute atomic E-state index is 0.0664. The average molecular weight is 356 g/mol. The maximum atomic E-state index is 13.0. The van der Waals surface area contributed by atoms with Crippen LogP contribution in [-0.2, 0) is 23.1 Å². The SMILES string of the molecule is O=C(Nc1ncccc1CCCc1ccccc1)C1(c2ccccc2)CC1. The van der Waals surface area contributed by atoms with Gasteiger partial charge in [-0.1, -0.05) is 66.7 Å². The molecule has 2 aromatic carbocycles. The number of nitrogens with zero attached hydrogens (tertiary/aromatic N) is 1. The lowest BCUT2D eigenvalue weighted by Gasteiger charge is -2.17. The lowest BCUT2D eigenvalue weighted by molar-refractivity contribution is -0.118. The van der Waals surface area contributed by atoms with Crippen molar-refractivity contribution in [3.05, 3.63) is 95.7 Å². The highest BCUT2D eigenvalue weighted by Gasteiger charge is 2.51. The number of amides is 1. The molecular formula is C24H24N2O. The van der Waals surface area contributed by atoms with E-state index in [2.05, 4.69) is 40.6 Å². The summed E-state index contributed by atoms with van der Waals surface area (Å²) in [6.07, 6.45) is 6.51. The third-order valence-corrected chi connectivity index (χ3v) is 5.39. The van der Waals surface area contributed by atoms with Gasteiger partial charge in [-0.15, -0.1) is 0 Å². The molecule has 1 aromatic heterocycles. The molecule has 1 fully saturated rings. The predicted octanol–water partition coefficient (Wildman–Crippen LogP) is 4.93. The fourth-order valence-electron chi connectivity index (χ4n) is 3.64. The first-order valence-electron chi connectivity index (χ1n) is 9.63. The lowest BCUT2D eigenvalue weighted by atomic mass is 9.95. The van der Waals surface area contributed by atoms with E-state index in [0.717, 1.165) is 43.2 Å². The zero-order valence-corrected chi connectivity index (χ0v) is 15.4. The largest absolute Gasteiger partial charge is 0.310 e. The van der Waals surface area contributed by atoms with E-state index in [1.807, 2.05) is 42.5 Å². The summed E-state index contributed by atoms with van der Waals surface area (Å²) in [7, 11) is 0. The van der Waals surface area contributed by atoms with Crippen molar-refractivity contribution in [3.63, 3.8) is 0 Å². The molecule has 3 aromatic rings. The van der Waals surface area contributed by atoms with Crippen LogP contribution >= 0.6 is 0 Å². The first-order chi connectivity index (χ1) is 13.3. The number of carbonyl (C=O) groups is 1. The van der Waals surface area contributed by atoms with Gasteiger partial charge in [-0.3, -0.25) is 4.79 Å². The third kappa shape index (κ3) is 3.92. The molecule has 3 nitrogen and oxygen atoms in total. The van der Waals surface area contributed by atoms with Gasteiger partial charge in [-0.25, -0.2) is 4.98 Å². The highest BCUT2D eigenvalue weighted by molar-refractivity contribution is 6.01. The maximum Gasteiger partial charge on any atom is 0.236 e. The van der Waals surface area contributed by atoms with Crippen molar-refractivity contribution in [2.24, 2.45) is 0 Å². The van der Waals surface area contributed by atoms with Gasteiger partial charge < -0.3 is 5.32 Å². The molecule has 1 heterocycles.